The molecule has 0 aromatic carbocycles. The Morgan fingerprint density at radius 2 is 2.07 bits per heavy atom. The lowest BCUT2D eigenvalue weighted by Gasteiger charge is -2.42. The van der Waals surface area contributed by atoms with Gasteiger partial charge in [-0.05, 0) is 38.6 Å². The second-order valence-corrected chi connectivity index (χ2v) is 5.10. The van der Waals surface area contributed by atoms with Crippen LogP contribution in [0.25, 0.3) is 0 Å². The Hall–Kier alpha value is -0.0800. The SMILES string of the molecule is CCCCOC1(CCNC(C)C)CCC1. The average molecular weight is 213 g/mol. The highest BCUT2D eigenvalue weighted by atomic mass is 16.5. The van der Waals surface area contributed by atoms with Gasteiger partial charge in [0, 0.05) is 12.6 Å². The van der Waals surface area contributed by atoms with E-state index in [-0.39, 0.29) is 5.60 Å². The Labute approximate surface area is 94.8 Å². The molecule has 90 valence electrons. The lowest BCUT2D eigenvalue weighted by molar-refractivity contribution is -0.105. The van der Waals surface area contributed by atoms with Crippen LogP contribution in [0.3, 0.4) is 0 Å². The van der Waals surface area contributed by atoms with Gasteiger partial charge < -0.3 is 10.1 Å². The van der Waals surface area contributed by atoms with Crippen LogP contribution in [0.1, 0.15) is 59.3 Å². The first-order chi connectivity index (χ1) is 7.18. The van der Waals surface area contributed by atoms with Crippen molar-refractivity contribution in [2.45, 2.75) is 70.9 Å². The van der Waals surface area contributed by atoms with Gasteiger partial charge in [0.2, 0.25) is 0 Å². The normalized spacial score (nSPS) is 19.2. The van der Waals surface area contributed by atoms with E-state index in [1.54, 1.807) is 0 Å². The molecule has 0 heterocycles. The van der Waals surface area contributed by atoms with Crippen LogP contribution >= 0.6 is 0 Å². The molecule has 0 amide bonds. The van der Waals surface area contributed by atoms with E-state index in [4.69, 9.17) is 4.74 Å². The first-order valence-corrected chi connectivity index (χ1v) is 6.56. The summed E-state index contributed by atoms with van der Waals surface area (Å²) in [4.78, 5) is 0. The van der Waals surface area contributed by atoms with E-state index in [2.05, 4.69) is 26.1 Å². The van der Waals surface area contributed by atoms with Crippen LogP contribution in [-0.2, 0) is 4.74 Å². The number of hydrogen-bond donors (Lipinski definition) is 1. The molecule has 0 aliphatic heterocycles. The van der Waals surface area contributed by atoms with E-state index in [1.807, 2.05) is 0 Å². The van der Waals surface area contributed by atoms with E-state index in [0.29, 0.717) is 6.04 Å². The maximum atomic E-state index is 6.05. The van der Waals surface area contributed by atoms with Crippen molar-refractivity contribution in [3.05, 3.63) is 0 Å². The Bertz CT molecular complexity index is 164. The monoisotopic (exact) mass is 213 g/mol. The number of rotatable bonds is 8. The molecule has 0 spiro atoms. The summed E-state index contributed by atoms with van der Waals surface area (Å²) < 4.78 is 6.05. The van der Waals surface area contributed by atoms with Gasteiger partial charge in [-0.3, -0.25) is 0 Å². The van der Waals surface area contributed by atoms with E-state index in [9.17, 15) is 0 Å². The summed E-state index contributed by atoms with van der Waals surface area (Å²) in [6.07, 6.45) is 7.54. The summed E-state index contributed by atoms with van der Waals surface area (Å²) in [6.45, 7) is 8.68. The molecule has 1 rings (SSSR count). The molecule has 0 unspecified atom stereocenters. The predicted molar refractivity (Wildman–Crippen MR) is 65.2 cm³/mol. The zero-order chi connectivity index (χ0) is 11.1. The molecule has 1 saturated carbocycles. The van der Waals surface area contributed by atoms with Crippen LogP contribution in [0, 0.1) is 0 Å². The Morgan fingerprint density at radius 1 is 1.33 bits per heavy atom. The van der Waals surface area contributed by atoms with Gasteiger partial charge in [0.15, 0.2) is 0 Å². The fourth-order valence-electron chi connectivity index (χ4n) is 2.06. The highest BCUT2D eigenvalue weighted by Gasteiger charge is 2.37. The zero-order valence-corrected chi connectivity index (χ0v) is 10.6. The second-order valence-electron chi connectivity index (χ2n) is 5.10. The molecule has 2 heteroatoms. The zero-order valence-electron chi connectivity index (χ0n) is 10.6. The van der Waals surface area contributed by atoms with Crippen molar-refractivity contribution in [1.82, 2.24) is 5.32 Å². The maximum Gasteiger partial charge on any atom is 0.0694 e. The van der Waals surface area contributed by atoms with Crippen LogP contribution in [0.5, 0.6) is 0 Å². The molecule has 0 saturated heterocycles. The standard InChI is InChI=1S/C13H27NO/c1-4-5-11-15-13(7-6-8-13)9-10-14-12(2)3/h12,14H,4-11H2,1-3H3. The molecular weight excluding hydrogens is 186 g/mol. The predicted octanol–water partition coefficient (Wildman–Crippen LogP) is 3.11. The number of hydrogen-bond acceptors (Lipinski definition) is 2. The maximum absolute atomic E-state index is 6.05. The Morgan fingerprint density at radius 3 is 2.53 bits per heavy atom. The van der Waals surface area contributed by atoms with Crippen LogP contribution in [0.15, 0.2) is 0 Å². The third-order valence-electron chi connectivity index (χ3n) is 3.30. The summed E-state index contributed by atoms with van der Waals surface area (Å²) in [5.74, 6) is 0. The van der Waals surface area contributed by atoms with Crippen LogP contribution in [-0.4, -0.2) is 24.8 Å². The highest BCUT2D eigenvalue weighted by molar-refractivity contribution is 4.90. The van der Waals surface area contributed by atoms with Crippen molar-refractivity contribution < 1.29 is 4.74 Å². The third kappa shape index (κ3) is 4.52. The van der Waals surface area contributed by atoms with Gasteiger partial charge in [-0.2, -0.15) is 0 Å². The highest BCUT2D eigenvalue weighted by Crippen LogP contribution is 2.38. The smallest absolute Gasteiger partial charge is 0.0694 e. The molecule has 1 fully saturated rings. The van der Waals surface area contributed by atoms with Gasteiger partial charge >= 0.3 is 0 Å². The molecular formula is C13H27NO. The third-order valence-corrected chi connectivity index (χ3v) is 3.30. The lowest BCUT2D eigenvalue weighted by atomic mass is 9.77. The van der Waals surface area contributed by atoms with Crippen molar-refractivity contribution in [1.29, 1.82) is 0 Å². The molecule has 0 aromatic heterocycles. The van der Waals surface area contributed by atoms with Crippen LogP contribution in [0.4, 0.5) is 0 Å². The van der Waals surface area contributed by atoms with Gasteiger partial charge in [0.1, 0.15) is 0 Å². The van der Waals surface area contributed by atoms with Crippen molar-refractivity contribution in [3.63, 3.8) is 0 Å². The quantitative estimate of drug-likeness (QED) is 0.626. The van der Waals surface area contributed by atoms with Crippen molar-refractivity contribution in [3.8, 4) is 0 Å². The number of ether oxygens (including phenoxy) is 1. The average Bonchev–Trinajstić information content (AvgIpc) is 2.12. The summed E-state index contributed by atoms with van der Waals surface area (Å²) in [5, 5.41) is 3.48. The van der Waals surface area contributed by atoms with Crippen molar-refractivity contribution >= 4 is 0 Å². The summed E-state index contributed by atoms with van der Waals surface area (Å²) in [5.41, 5.74) is 0.247. The molecule has 15 heavy (non-hydrogen) atoms. The molecule has 2 nitrogen and oxygen atoms in total. The molecule has 0 atom stereocenters. The van der Waals surface area contributed by atoms with Gasteiger partial charge in [0.05, 0.1) is 5.60 Å². The van der Waals surface area contributed by atoms with E-state index in [1.165, 1.54) is 38.5 Å². The second kappa shape index (κ2) is 6.49. The molecule has 1 N–H and O–H groups in total. The molecule has 0 aromatic rings. The van der Waals surface area contributed by atoms with E-state index < -0.39 is 0 Å². The topological polar surface area (TPSA) is 21.3 Å². The first-order valence-electron chi connectivity index (χ1n) is 6.56. The van der Waals surface area contributed by atoms with Gasteiger partial charge in [-0.15, -0.1) is 0 Å². The minimum absolute atomic E-state index is 0.247. The minimum Gasteiger partial charge on any atom is -0.375 e. The largest absolute Gasteiger partial charge is 0.375 e. The molecule has 1 aliphatic carbocycles. The Kier molecular flexibility index (Phi) is 5.62. The molecule has 0 bridgehead atoms. The van der Waals surface area contributed by atoms with Gasteiger partial charge in [-0.25, -0.2) is 0 Å². The van der Waals surface area contributed by atoms with E-state index >= 15 is 0 Å². The van der Waals surface area contributed by atoms with E-state index in [0.717, 1.165) is 13.2 Å². The fourth-order valence-corrected chi connectivity index (χ4v) is 2.06. The lowest BCUT2D eigenvalue weighted by Crippen LogP contribution is -2.43. The van der Waals surface area contributed by atoms with Crippen molar-refractivity contribution in [2.24, 2.45) is 0 Å². The van der Waals surface area contributed by atoms with Crippen LogP contribution in [0.2, 0.25) is 0 Å². The summed E-state index contributed by atoms with van der Waals surface area (Å²) in [7, 11) is 0. The summed E-state index contributed by atoms with van der Waals surface area (Å²) >= 11 is 0. The Balaban J connectivity index is 2.15. The first kappa shape index (κ1) is 13.0. The molecule has 1 aliphatic rings. The number of unbranched alkanes of at least 4 members (excludes halogenated alkanes) is 1. The van der Waals surface area contributed by atoms with Gasteiger partial charge in [0.25, 0.3) is 0 Å². The minimum atomic E-state index is 0.247. The van der Waals surface area contributed by atoms with Gasteiger partial charge in [-0.1, -0.05) is 27.2 Å². The summed E-state index contributed by atoms with van der Waals surface area (Å²) in [6, 6.07) is 0.595. The van der Waals surface area contributed by atoms with Crippen molar-refractivity contribution in [2.75, 3.05) is 13.2 Å². The molecule has 0 radical (unpaired) electrons. The number of nitrogens with one attached hydrogen (secondary N) is 1. The van der Waals surface area contributed by atoms with Crippen LogP contribution < -0.4 is 5.32 Å². The fraction of sp³-hybridized carbons (Fsp3) is 1.00.